The molecular weight excluding hydrogens is 488 g/mol. The number of rotatable bonds is 6. The number of aromatic nitrogens is 5. The molecule has 0 aliphatic heterocycles. The van der Waals surface area contributed by atoms with Gasteiger partial charge in [-0.15, -0.1) is 5.10 Å². The van der Waals surface area contributed by atoms with Crippen molar-refractivity contribution in [1.82, 2.24) is 30.3 Å². The number of carbonyl (C=O) groups excluding carboxylic acids is 1. The average Bonchev–Trinajstić information content (AvgIpc) is 3.16. The minimum Gasteiger partial charge on any atom is -0.348 e. The van der Waals surface area contributed by atoms with Crippen molar-refractivity contribution in [3.8, 4) is 5.69 Å². The van der Waals surface area contributed by atoms with Gasteiger partial charge in [-0.25, -0.2) is 14.6 Å². The monoisotopic (exact) mass is 514 g/mol. The molecule has 32 heavy (non-hydrogen) atoms. The third-order valence-electron chi connectivity index (χ3n) is 5.65. The predicted octanol–water partition coefficient (Wildman–Crippen LogP) is 5.06. The maximum Gasteiger partial charge on any atom is 0.274 e. The highest BCUT2D eigenvalue weighted by Crippen LogP contribution is 2.38. The van der Waals surface area contributed by atoms with Gasteiger partial charge in [0.05, 0.1) is 11.4 Å². The molecule has 1 aliphatic rings. The highest BCUT2D eigenvalue weighted by Gasteiger charge is 2.33. The van der Waals surface area contributed by atoms with Crippen LogP contribution >= 0.6 is 27.7 Å². The van der Waals surface area contributed by atoms with Crippen molar-refractivity contribution < 1.29 is 4.79 Å². The molecular formula is C23H27BrN6OS. The predicted molar refractivity (Wildman–Crippen MR) is 129 cm³/mol. The fraction of sp³-hybridized carbons (Fsp3) is 0.435. The molecule has 2 atom stereocenters. The largest absolute Gasteiger partial charge is 0.348 e. The minimum atomic E-state index is -0.173. The Labute approximate surface area is 200 Å². The molecule has 1 fully saturated rings. The average molecular weight is 515 g/mol. The van der Waals surface area contributed by atoms with Gasteiger partial charge >= 0.3 is 0 Å². The minimum absolute atomic E-state index is 0.136. The van der Waals surface area contributed by atoms with Crippen LogP contribution in [0, 0.1) is 11.3 Å². The molecule has 168 valence electrons. The van der Waals surface area contributed by atoms with Gasteiger partial charge in [-0.3, -0.25) is 4.79 Å². The molecule has 0 bridgehead atoms. The molecule has 2 aromatic heterocycles. The van der Waals surface area contributed by atoms with E-state index < -0.39 is 0 Å². The zero-order chi connectivity index (χ0) is 22.7. The molecule has 1 aliphatic carbocycles. The topological polar surface area (TPSA) is 85.6 Å². The molecule has 0 saturated heterocycles. The van der Waals surface area contributed by atoms with Gasteiger partial charge in [-0.05, 0) is 60.9 Å². The van der Waals surface area contributed by atoms with E-state index in [1.54, 1.807) is 23.1 Å². The number of hydrogen-bond acceptors (Lipinski definition) is 6. The standard InChI is InChI=1S/C23H27BrN6OS/c1-15-11-17(13-23(2,3)12-15)27-21(31)20-19(14-32-22-25-9-4-10-26-22)30(29-28-20)18-7-5-16(24)6-8-18/h4-10,15,17H,11-14H2,1-3H3,(H,27,31). The Balaban J connectivity index is 1.60. The van der Waals surface area contributed by atoms with Crippen LogP contribution in [0.15, 0.2) is 52.4 Å². The van der Waals surface area contributed by atoms with Crippen molar-refractivity contribution >= 4 is 33.6 Å². The Morgan fingerprint density at radius 1 is 1.22 bits per heavy atom. The first kappa shape index (κ1) is 22.9. The Kier molecular flexibility index (Phi) is 6.95. The van der Waals surface area contributed by atoms with Gasteiger partial charge in [0.25, 0.3) is 5.91 Å². The van der Waals surface area contributed by atoms with Gasteiger partial charge in [-0.2, -0.15) is 0 Å². The molecule has 1 aromatic carbocycles. The molecule has 3 aromatic rings. The number of carbonyl (C=O) groups is 1. The van der Waals surface area contributed by atoms with Crippen LogP contribution in [0.4, 0.5) is 0 Å². The Hall–Kier alpha value is -2.26. The molecule has 1 amide bonds. The maximum absolute atomic E-state index is 13.3. The summed E-state index contributed by atoms with van der Waals surface area (Å²) in [7, 11) is 0. The zero-order valence-corrected chi connectivity index (χ0v) is 20.9. The number of hydrogen-bond donors (Lipinski definition) is 1. The smallest absolute Gasteiger partial charge is 0.274 e. The van der Waals surface area contributed by atoms with E-state index in [0.717, 1.165) is 28.7 Å². The lowest BCUT2D eigenvalue weighted by atomic mass is 9.70. The molecule has 1 saturated carbocycles. The second-order valence-corrected chi connectivity index (χ2v) is 11.0. The summed E-state index contributed by atoms with van der Waals surface area (Å²) in [4.78, 5) is 21.8. The van der Waals surface area contributed by atoms with Crippen molar-refractivity contribution in [1.29, 1.82) is 0 Å². The molecule has 7 nitrogen and oxygen atoms in total. The van der Waals surface area contributed by atoms with Crippen LogP contribution in [0.2, 0.25) is 0 Å². The van der Waals surface area contributed by atoms with E-state index in [1.807, 2.05) is 24.3 Å². The second kappa shape index (κ2) is 9.70. The fourth-order valence-corrected chi connectivity index (χ4v) is 5.66. The molecule has 0 spiro atoms. The number of benzene rings is 1. The van der Waals surface area contributed by atoms with Crippen molar-refractivity contribution in [3.05, 3.63) is 58.6 Å². The normalized spacial score (nSPS) is 20.1. The van der Waals surface area contributed by atoms with Crippen molar-refractivity contribution in [3.63, 3.8) is 0 Å². The van der Waals surface area contributed by atoms with Crippen molar-refractivity contribution in [2.45, 2.75) is 57.0 Å². The summed E-state index contributed by atoms with van der Waals surface area (Å²) in [6, 6.07) is 9.69. The zero-order valence-electron chi connectivity index (χ0n) is 18.5. The first-order chi connectivity index (χ1) is 15.3. The van der Waals surface area contributed by atoms with E-state index >= 15 is 0 Å². The lowest BCUT2D eigenvalue weighted by Crippen LogP contribution is -2.43. The lowest BCUT2D eigenvalue weighted by molar-refractivity contribution is 0.0868. The van der Waals surface area contributed by atoms with Crippen LogP contribution in [-0.4, -0.2) is 36.9 Å². The number of amides is 1. The van der Waals surface area contributed by atoms with Crippen LogP contribution in [0.25, 0.3) is 5.69 Å². The van der Waals surface area contributed by atoms with Crippen molar-refractivity contribution in [2.75, 3.05) is 0 Å². The Morgan fingerprint density at radius 2 is 1.94 bits per heavy atom. The lowest BCUT2D eigenvalue weighted by Gasteiger charge is -2.39. The van der Waals surface area contributed by atoms with E-state index in [2.05, 4.69) is 62.3 Å². The molecule has 2 unspecified atom stereocenters. The summed E-state index contributed by atoms with van der Waals surface area (Å²) in [5.41, 5.74) is 2.14. The number of nitrogens with zero attached hydrogens (tertiary/aromatic N) is 5. The molecule has 9 heteroatoms. The number of thioether (sulfide) groups is 1. The summed E-state index contributed by atoms with van der Waals surface area (Å²) < 4.78 is 2.70. The van der Waals surface area contributed by atoms with Gasteiger partial charge in [0.15, 0.2) is 10.9 Å². The molecule has 4 rings (SSSR count). The van der Waals surface area contributed by atoms with Crippen LogP contribution in [0.1, 0.15) is 56.2 Å². The molecule has 1 N–H and O–H groups in total. The summed E-state index contributed by atoms with van der Waals surface area (Å²) >= 11 is 4.92. The summed E-state index contributed by atoms with van der Waals surface area (Å²) in [6.45, 7) is 6.80. The van der Waals surface area contributed by atoms with Crippen LogP contribution in [0.3, 0.4) is 0 Å². The summed E-state index contributed by atoms with van der Waals surface area (Å²) in [6.07, 6.45) is 6.54. The highest BCUT2D eigenvalue weighted by atomic mass is 79.9. The van der Waals surface area contributed by atoms with Crippen LogP contribution in [-0.2, 0) is 5.75 Å². The second-order valence-electron chi connectivity index (χ2n) is 9.18. The van der Waals surface area contributed by atoms with E-state index in [-0.39, 0.29) is 17.4 Å². The molecule has 2 heterocycles. The van der Waals surface area contributed by atoms with Crippen LogP contribution < -0.4 is 5.32 Å². The van der Waals surface area contributed by atoms with E-state index in [4.69, 9.17) is 0 Å². The highest BCUT2D eigenvalue weighted by molar-refractivity contribution is 9.10. The molecule has 0 radical (unpaired) electrons. The van der Waals surface area contributed by atoms with Gasteiger partial charge in [0, 0.05) is 28.7 Å². The van der Waals surface area contributed by atoms with Crippen molar-refractivity contribution in [2.24, 2.45) is 11.3 Å². The SMILES string of the molecule is CC1CC(NC(=O)c2nnn(-c3ccc(Br)cc3)c2CSc2ncccn2)CC(C)(C)C1. The first-order valence-electron chi connectivity index (χ1n) is 10.7. The Morgan fingerprint density at radius 3 is 2.62 bits per heavy atom. The Bertz CT molecular complexity index is 1070. The summed E-state index contributed by atoms with van der Waals surface area (Å²) in [5, 5.41) is 12.5. The van der Waals surface area contributed by atoms with Gasteiger partial charge in [0.2, 0.25) is 0 Å². The number of nitrogens with one attached hydrogen (secondary N) is 1. The third-order valence-corrected chi connectivity index (χ3v) is 7.07. The summed E-state index contributed by atoms with van der Waals surface area (Å²) in [5.74, 6) is 0.878. The van der Waals surface area contributed by atoms with Gasteiger partial charge in [-0.1, -0.05) is 53.7 Å². The maximum atomic E-state index is 13.3. The van der Waals surface area contributed by atoms with E-state index in [1.165, 1.54) is 18.2 Å². The number of halogens is 1. The van der Waals surface area contributed by atoms with E-state index in [9.17, 15) is 4.79 Å². The van der Waals surface area contributed by atoms with Crippen LogP contribution in [0.5, 0.6) is 0 Å². The van der Waals surface area contributed by atoms with Gasteiger partial charge < -0.3 is 5.32 Å². The third kappa shape index (κ3) is 5.56. The van der Waals surface area contributed by atoms with Gasteiger partial charge in [0.1, 0.15) is 0 Å². The quantitative estimate of drug-likeness (QED) is 0.365. The fourth-order valence-electron chi connectivity index (χ4n) is 4.60. The first-order valence-corrected chi connectivity index (χ1v) is 12.5. The van der Waals surface area contributed by atoms with E-state index in [0.29, 0.717) is 22.5 Å².